The summed E-state index contributed by atoms with van der Waals surface area (Å²) in [6, 6.07) is 11.9. The average molecular weight is 440 g/mol. The lowest BCUT2D eigenvalue weighted by Gasteiger charge is -2.12. The maximum Gasteiger partial charge on any atom is 0.191 e. The molecule has 0 spiro atoms. The van der Waals surface area contributed by atoms with Crippen molar-refractivity contribution in [2.24, 2.45) is 4.99 Å². The zero-order valence-corrected chi connectivity index (χ0v) is 16.7. The van der Waals surface area contributed by atoms with Crippen LogP contribution in [0.25, 0.3) is 0 Å². The highest BCUT2D eigenvalue weighted by atomic mass is 127. The Balaban J connectivity index is 0.00000288. The van der Waals surface area contributed by atoms with Gasteiger partial charge in [0.05, 0.1) is 25.9 Å². The molecule has 24 heavy (non-hydrogen) atoms. The Morgan fingerprint density at radius 2 is 1.92 bits per heavy atom. The third kappa shape index (κ3) is 6.35. The summed E-state index contributed by atoms with van der Waals surface area (Å²) < 4.78 is 5.16. The molecule has 0 saturated carbocycles. The van der Waals surface area contributed by atoms with Crippen molar-refractivity contribution in [2.45, 2.75) is 26.9 Å². The van der Waals surface area contributed by atoms with Crippen LogP contribution in [0, 0.1) is 6.92 Å². The second kappa shape index (κ2) is 10.9. The zero-order chi connectivity index (χ0) is 16.5. The Morgan fingerprint density at radius 1 is 1.17 bits per heavy atom. The Kier molecular flexibility index (Phi) is 9.14. The number of aryl methyl sites for hydroxylation is 1. The van der Waals surface area contributed by atoms with Crippen molar-refractivity contribution in [1.29, 1.82) is 0 Å². The highest BCUT2D eigenvalue weighted by Crippen LogP contribution is 2.11. The molecule has 1 aromatic heterocycles. The van der Waals surface area contributed by atoms with Gasteiger partial charge in [-0.15, -0.1) is 24.0 Å². The highest BCUT2D eigenvalue weighted by molar-refractivity contribution is 14.0. The van der Waals surface area contributed by atoms with E-state index in [4.69, 9.17) is 4.74 Å². The van der Waals surface area contributed by atoms with Gasteiger partial charge in [-0.2, -0.15) is 0 Å². The first kappa shape index (κ1) is 20.2. The predicted octanol–water partition coefficient (Wildman–Crippen LogP) is 3.27. The Bertz CT molecular complexity index is 644. The molecular formula is C18H25IN4O. The van der Waals surface area contributed by atoms with Gasteiger partial charge >= 0.3 is 0 Å². The van der Waals surface area contributed by atoms with Crippen LogP contribution in [-0.2, 0) is 13.1 Å². The van der Waals surface area contributed by atoms with Gasteiger partial charge in [0.1, 0.15) is 5.75 Å². The number of methoxy groups -OCH3 is 1. The van der Waals surface area contributed by atoms with Crippen molar-refractivity contribution in [3.8, 4) is 5.75 Å². The number of pyridine rings is 1. The first-order chi connectivity index (χ1) is 11.2. The average Bonchev–Trinajstić information content (AvgIpc) is 2.59. The Morgan fingerprint density at radius 3 is 2.54 bits per heavy atom. The molecule has 0 fully saturated rings. The molecule has 0 aliphatic rings. The van der Waals surface area contributed by atoms with E-state index < -0.39 is 0 Å². The van der Waals surface area contributed by atoms with Gasteiger partial charge in [-0.1, -0.05) is 18.2 Å². The molecule has 0 aliphatic carbocycles. The molecule has 1 heterocycles. The first-order valence-corrected chi connectivity index (χ1v) is 7.78. The van der Waals surface area contributed by atoms with Crippen LogP contribution < -0.4 is 15.4 Å². The van der Waals surface area contributed by atoms with Crippen molar-refractivity contribution in [3.63, 3.8) is 0 Å². The van der Waals surface area contributed by atoms with E-state index in [0.29, 0.717) is 13.1 Å². The predicted molar refractivity (Wildman–Crippen MR) is 109 cm³/mol. The molecule has 0 saturated heterocycles. The van der Waals surface area contributed by atoms with Gasteiger partial charge in [-0.3, -0.25) is 4.98 Å². The summed E-state index contributed by atoms with van der Waals surface area (Å²) in [7, 11) is 1.67. The van der Waals surface area contributed by atoms with Gasteiger partial charge in [0.2, 0.25) is 0 Å². The highest BCUT2D eigenvalue weighted by Gasteiger charge is 2.02. The fourth-order valence-corrected chi connectivity index (χ4v) is 2.11. The Labute approximate surface area is 161 Å². The van der Waals surface area contributed by atoms with Crippen LogP contribution in [0.2, 0.25) is 0 Å². The van der Waals surface area contributed by atoms with Crippen LogP contribution in [0.3, 0.4) is 0 Å². The van der Waals surface area contributed by atoms with Crippen LogP contribution in [0.4, 0.5) is 0 Å². The molecule has 6 heteroatoms. The largest absolute Gasteiger partial charge is 0.497 e. The number of nitrogens with zero attached hydrogens (tertiary/aromatic N) is 2. The third-order valence-electron chi connectivity index (χ3n) is 3.46. The van der Waals surface area contributed by atoms with Gasteiger partial charge in [0.25, 0.3) is 0 Å². The summed E-state index contributed by atoms with van der Waals surface area (Å²) >= 11 is 0. The van der Waals surface area contributed by atoms with E-state index in [2.05, 4.69) is 40.5 Å². The van der Waals surface area contributed by atoms with Crippen LogP contribution in [0.1, 0.15) is 23.7 Å². The molecule has 0 aliphatic heterocycles. The van der Waals surface area contributed by atoms with E-state index in [-0.39, 0.29) is 24.0 Å². The second-order valence-electron chi connectivity index (χ2n) is 5.16. The number of rotatable bonds is 6. The van der Waals surface area contributed by atoms with E-state index in [9.17, 15) is 0 Å². The second-order valence-corrected chi connectivity index (χ2v) is 5.16. The summed E-state index contributed by atoms with van der Waals surface area (Å²) in [5, 5.41) is 6.57. The minimum absolute atomic E-state index is 0. The topological polar surface area (TPSA) is 58.5 Å². The van der Waals surface area contributed by atoms with Crippen molar-refractivity contribution in [3.05, 3.63) is 59.4 Å². The van der Waals surface area contributed by atoms with Gasteiger partial charge in [-0.05, 0) is 43.2 Å². The van der Waals surface area contributed by atoms with Crippen molar-refractivity contribution >= 4 is 29.9 Å². The van der Waals surface area contributed by atoms with E-state index in [1.54, 1.807) is 7.11 Å². The molecule has 130 valence electrons. The van der Waals surface area contributed by atoms with Crippen LogP contribution in [-0.4, -0.2) is 24.6 Å². The monoisotopic (exact) mass is 440 g/mol. The molecule has 1 aromatic carbocycles. The number of aromatic nitrogens is 1. The fourth-order valence-electron chi connectivity index (χ4n) is 2.11. The normalized spacial score (nSPS) is 10.7. The lowest BCUT2D eigenvalue weighted by molar-refractivity contribution is 0.414. The van der Waals surface area contributed by atoms with Crippen LogP contribution in [0.15, 0.2) is 47.6 Å². The first-order valence-electron chi connectivity index (χ1n) is 7.78. The number of aliphatic imine (C=N–C) groups is 1. The number of hydrogen-bond donors (Lipinski definition) is 2. The molecule has 0 unspecified atom stereocenters. The fraction of sp³-hybridized carbons (Fsp3) is 0.333. The number of hydrogen-bond acceptors (Lipinski definition) is 3. The SMILES string of the molecule is CCNC(=NCc1ccc(OC)cc1)NCc1ncccc1C.I. The van der Waals surface area contributed by atoms with Gasteiger partial charge < -0.3 is 15.4 Å². The lowest BCUT2D eigenvalue weighted by Crippen LogP contribution is -2.37. The minimum Gasteiger partial charge on any atom is -0.497 e. The molecular weight excluding hydrogens is 415 g/mol. The molecule has 0 bridgehead atoms. The van der Waals surface area contributed by atoms with E-state index in [1.807, 2.05) is 36.5 Å². The number of benzene rings is 1. The number of halogens is 1. The van der Waals surface area contributed by atoms with Crippen molar-refractivity contribution in [1.82, 2.24) is 15.6 Å². The Hall–Kier alpha value is -1.83. The third-order valence-corrected chi connectivity index (χ3v) is 3.46. The number of guanidine groups is 1. The maximum absolute atomic E-state index is 5.16. The summed E-state index contributed by atoms with van der Waals surface area (Å²) in [6.45, 7) is 6.19. The molecule has 0 amide bonds. The molecule has 2 rings (SSSR count). The molecule has 5 nitrogen and oxygen atoms in total. The van der Waals surface area contributed by atoms with Crippen LogP contribution in [0.5, 0.6) is 5.75 Å². The summed E-state index contributed by atoms with van der Waals surface area (Å²) in [4.78, 5) is 9.00. The maximum atomic E-state index is 5.16. The summed E-state index contributed by atoms with van der Waals surface area (Å²) in [6.07, 6.45) is 1.81. The van der Waals surface area contributed by atoms with E-state index in [1.165, 1.54) is 5.56 Å². The minimum atomic E-state index is 0. The van der Waals surface area contributed by atoms with Gasteiger partial charge in [0.15, 0.2) is 5.96 Å². The van der Waals surface area contributed by atoms with Crippen molar-refractivity contribution < 1.29 is 4.74 Å². The zero-order valence-electron chi connectivity index (χ0n) is 14.4. The van der Waals surface area contributed by atoms with Crippen molar-refractivity contribution in [2.75, 3.05) is 13.7 Å². The standard InChI is InChI=1S/C18H24N4O.HI/c1-4-19-18(22-13-17-14(2)6-5-11-20-17)21-12-15-7-9-16(23-3)10-8-15;/h5-11H,4,12-13H2,1-3H3,(H2,19,21,22);1H. The molecule has 0 atom stereocenters. The quantitative estimate of drug-likeness (QED) is 0.411. The number of ether oxygens (including phenoxy) is 1. The smallest absolute Gasteiger partial charge is 0.191 e. The van der Waals surface area contributed by atoms with Gasteiger partial charge in [-0.25, -0.2) is 4.99 Å². The molecule has 2 aromatic rings. The van der Waals surface area contributed by atoms with Gasteiger partial charge in [0, 0.05) is 12.7 Å². The number of nitrogens with one attached hydrogen (secondary N) is 2. The van der Waals surface area contributed by atoms with Crippen LogP contribution >= 0.6 is 24.0 Å². The molecule has 0 radical (unpaired) electrons. The van der Waals surface area contributed by atoms with E-state index in [0.717, 1.165) is 29.5 Å². The summed E-state index contributed by atoms with van der Waals surface area (Å²) in [5.41, 5.74) is 3.34. The lowest BCUT2D eigenvalue weighted by atomic mass is 10.2. The van der Waals surface area contributed by atoms with E-state index >= 15 is 0 Å². The summed E-state index contributed by atoms with van der Waals surface area (Å²) in [5.74, 6) is 1.64. The molecule has 2 N–H and O–H groups in total.